The van der Waals surface area contributed by atoms with E-state index in [1.54, 1.807) is 0 Å². The average molecular weight is 216 g/mol. The van der Waals surface area contributed by atoms with Gasteiger partial charge < -0.3 is 11.1 Å². The van der Waals surface area contributed by atoms with Crippen molar-refractivity contribution in [3.63, 3.8) is 0 Å². The molecule has 1 aromatic carbocycles. The SMILES string of the molecule is NC(=S)Nc1c(C=O)ccc(F)c1F. The number of aldehydes is 1. The van der Waals surface area contributed by atoms with E-state index in [-0.39, 0.29) is 16.4 Å². The molecule has 1 aromatic rings. The number of nitrogens with one attached hydrogen (secondary N) is 1. The third kappa shape index (κ3) is 2.02. The van der Waals surface area contributed by atoms with Crippen molar-refractivity contribution in [3.8, 4) is 0 Å². The Hall–Kier alpha value is -1.56. The van der Waals surface area contributed by atoms with Gasteiger partial charge in [0.25, 0.3) is 0 Å². The summed E-state index contributed by atoms with van der Waals surface area (Å²) in [4.78, 5) is 10.5. The van der Waals surface area contributed by atoms with Crippen LogP contribution in [-0.2, 0) is 0 Å². The molecule has 3 N–H and O–H groups in total. The van der Waals surface area contributed by atoms with Crippen LogP contribution in [0.3, 0.4) is 0 Å². The highest BCUT2D eigenvalue weighted by atomic mass is 32.1. The topological polar surface area (TPSA) is 55.1 Å². The number of carbonyl (C=O) groups excluding carboxylic acids is 1. The highest BCUT2D eigenvalue weighted by molar-refractivity contribution is 7.80. The second-order valence-corrected chi connectivity index (χ2v) is 2.87. The van der Waals surface area contributed by atoms with Crippen LogP contribution in [0.2, 0.25) is 0 Å². The summed E-state index contributed by atoms with van der Waals surface area (Å²) < 4.78 is 25.8. The molecule has 0 saturated carbocycles. The molecule has 0 aliphatic carbocycles. The zero-order chi connectivity index (χ0) is 10.7. The van der Waals surface area contributed by atoms with Gasteiger partial charge in [-0.15, -0.1) is 0 Å². The first kappa shape index (κ1) is 10.5. The Kier molecular flexibility index (Phi) is 3.08. The summed E-state index contributed by atoms with van der Waals surface area (Å²) in [6.07, 6.45) is 0.378. The summed E-state index contributed by atoms with van der Waals surface area (Å²) in [5.41, 5.74) is 4.70. The molecular weight excluding hydrogens is 210 g/mol. The lowest BCUT2D eigenvalue weighted by atomic mass is 10.2. The maximum Gasteiger partial charge on any atom is 0.183 e. The fourth-order valence-electron chi connectivity index (χ4n) is 0.914. The van der Waals surface area contributed by atoms with E-state index < -0.39 is 11.6 Å². The second kappa shape index (κ2) is 4.10. The van der Waals surface area contributed by atoms with Crippen LogP contribution in [0.5, 0.6) is 0 Å². The predicted molar refractivity (Wildman–Crippen MR) is 52.2 cm³/mol. The molecule has 0 heterocycles. The minimum atomic E-state index is -1.18. The van der Waals surface area contributed by atoms with Crippen molar-refractivity contribution in [3.05, 3.63) is 29.3 Å². The Labute approximate surface area is 83.9 Å². The zero-order valence-electron chi connectivity index (χ0n) is 6.88. The Morgan fingerprint density at radius 3 is 2.64 bits per heavy atom. The molecule has 0 fully saturated rings. The molecule has 0 bridgehead atoms. The largest absolute Gasteiger partial charge is 0.376 e. The fourth-order valence-corrected chi connectivity index (χ4v) is 1.02. The second-order valence-electron chi connectivity index (χ2n) is 2.43. The first-order chi connectivity index (χ1) is 6.56. The van der Waals surface area contributed by atoms with Gasteiger partial charge in [-0.3, -0.25) is 4.79 Å². The van der Waals surface area contributed by atoms with Crippen LogP contribution in [0.25, 0.3) is 0 Å². The molecule has 0 aliphatic heterocycles. The third-order valence-corrected chi connectivity index (χ3v) is 1.60. The van der Waals surface area contributed by atoms with Gasteiger partial charge in [-0.05, 0) is 24.4 Å². The number of halogens is 2. The van der Waals surface area contributed by atoms with Gasteiger partial charge in [0.1, 0.15) is 0 Å². The van der Waals surface area contributed by atoms with Gasteiger partial charge in [-0.2, -0.15) is 0 Å². The smallest absolute Gasteiger partial charge is 0.183 e. The van der Waals surface area contributed by atoms with E-state index in [1.165, 1.54) is 0 Å². The molecule has 0 radical (unpaired) electrons. The summed E-state index contributed by atoms with van der Waals surface area (Å²) in [5, 5.41) is 1.96. The van der Waals surface area contributed by atoms with Crippen LogP contribution in [0.4, 0.5) is 14.5 Å². The van der Waals surface area contributed by atoms with Crippen LogP contribution >= 0.6 is 12.2 Å². The molecule has 6 heteroatoms. The van der Waals surface area contributed by atoms with Crippen molar-refractivity contribution >= 4 is 29.3 Å². The lowest BCUT2D eigenvalue weighted by molar-refractivity contribution is 0.112. The summed E-state index contributed by atoms with van der Waals surface area (Å²) in [6, 6.07) is 1.98. The van der Waals surface area contributed by atoms with Crippen molar-refractivity contribution in [2.24, 2.45) is 5.73 Å². The van der Waals surface area contributed by atoms with Crippen LogP contribution in [0.1, 0.15) is 10.4 Å². The standard InChI is InChI=1S/C8H6F2N2OS/c9-5-2-1-4(3-13)7(6(5)10)12-8(11)14/h1-3H,(H3,11,12,14). The Balaban J connectivity index is 3.27. The number of rotatable bonds is 2. The van der Waals surface area contributed by atoms with Crippen molar-refractivity contribution in [1.29, 1.82) is 0 Å². The summed E-state index contributed by atoms with van der Waals surface area (Å²) in [5.74, 6) is -2.25. The molecule has 0 atom stereocenters. The van der Waals surface area contributed by atoms with E-state index in [2.05, 4.69) is 17.5 Å². The lowest BCUT2D eigenvalue weighted by Gasteiger charge is -2.07. The molecule has 0 saturated heterocycles. The first-order valence-corrected chi connectivity index (χ1v) is 3.96. The van der Waals surface area contributed by atoms with Gasteiger partial charge >= 0.3 is 0 Å². The molecule has 1 rings (SSSR count). The normalized spacial score (nSPS) is 9.57. The summed E-state index contributed by atoms with van der Waals surface area (Å²) >= 11 is 4.45. The quantitative estimate of drug-likeness (QED) is 0.580. The van der Waals surface area contributed by atoms with Gasteiger partial charge in [0.2, 0.25) is 0 Å². The van der Waals surface area contributed by atoms with Gasteiger partial charge in [-0.25, -0.2) is 8.78 Å². The van der Waals surface area contributed by atoms with Crippen molar-refractivity contribution < 1.29 is 13.6 Å². The minimum absolute atomic E-state index is 0.0447. The van der Waals surface area contributed by atoms with E-state index in [0.29, 0.717) is 6.29 Å². The minimum Gasteiger partial charge on any atom is -0.376 e. The fraction of sp³-hybridized carbons (Fsp3) is 0. The van der Waals surface area contributed by atoms with Gasteiger partial charge in [0.05, 0.1) is 5.69 Å². The van der Waals surface area contributed by atoms with Crippen LogP contribution in [-0.4, -0.2) is 11.4 Å². The van der Waals surface area contributed by atoms with Gasteiger partial charge in [-0.1, -0.05) is 0 Å². The van der Waals surface area contributed by atoms with Crippen molar-refractivity contribution in [1.82, 2.24) is 0 Å². The van der Waals surface area contributed by atoms with Crippen molar-refractivity contribution in [2.45, 2.75) is 0 Å². The van der Waals surface area contributed by atoms with E-state index >= 15 is 0 Å². The summed E-state index contributed by atoms with van der Waals surface area (Å²) in [6.45, 7) is 0. The third-order valence-electron chi connectivity index (χ3n) is 1.50. The number of thiocarbonyl (C=S) groups is 1. The van der Waals surface area contributed by atoms with E-state index in [0.717, 1.165) is 12.1 Å². The molecule has 0 amide bonds. The maximum atomic E-state index is 13.1. The van der Waals surface area contributed by atoms with E-state index in [1.807, 2.05) is 0 Å². The monoisotopic (exact) mass is 216 g/mol. The lowest BCUT2D eigenvalue weighted by Crippen LogP contribution is -2.21. The average Bonchev–Trinajstić information content (AvgIpc) is 2.13. The highest BCUT2D eigenvalue weighted by Gasteiger charge is 2.13. The number of benzene rings is 1. The molecule has 0 unspecified atom stereocenters. The molecule has 0 aromatic heterocycles. The zero-order valence-corrected chi connectivity index (χ0v) is 7.70. The van der Waals surface area contributed by atoms with Crippen LogP contribution in [0.15, 0.2) is 12.1 Å². The number of hydrogen-bond donors (Lipinski definition) is 2. The number of hydrogen-bond acceptors (Lipinski definition) is 2. The van der Waals surface area contributed by atoms with Gasteiger partial charge in [0, 0.05) is 5.56 Å². The van der Waals surface area contributed by atoms with Gasteiger partial charge in [0.15, 0.2) is 23.0 Å². The van der Waals surface area contributed by atoms with E-state index in [4.69, 9.17) is 5.73 Å². The van der Waals surface area contributed by atoms with Crippen LogP contribution < -0.4 is 11.1 Å². The molecule has 0 aliphatic rings. The summed E-state index contributed by atoms with van der Waals surface area (Å²) in [7, 11) is 0. The predicted octanol–water partition coefficient (Wildman–Crippen LogP) is 1.43. The molecule has 0 spiro atoms. The Morgan fingerprint density at radius 1 is 1.50 bits per heavy atom. The molecular formula is C8H6F2N2OS. The Bertz CT molecular complexity index is 395. The number of nitrogens with two attached hydrogens (primary N) is 1. The maximum absolute atomic E-state index is 13.1. The number of carbonyl (C=O) groups is 1. The number of anilines is 1. The molecule has 14 heavy (non-hydrogen) atoms. The molecule has 74 valence electrons. The highest BCUT2D eigenvalue weighted by Crippen LogP contribution is 2.20. The van der Waals surface area contributed by atoms with Crippen molar-refractivity contribution in [2.75, 3.05) is 5.32 Å². The van der Waals surface area contributed by atoms with Crippen LogP contribution in [0, 0.1) is 11.6 Å². The molecule has 3 nitrogen and oxygen atoms in total. The Morgan fingerprint density at radius 2 is 2.14 bits per heavy atom. The first-order valence-electron chi connectivity index (χ1n) is 3.56. The van der Waals surface area contributed by atoms with E-state index in [9.17, 15) is 13.6 Å².